The number of nitrogens with one attached hydrogen (secondary N) is 1. The van der Waals surface area contributed by atoms with E-state index < -0.39 is 16.1 Å². The van der Waals surface area contributed by atoms with E-state index >= 15 is 0 Å². The Balaban J connectivity index is 1.77. The predicted octanol–water partition coefficient (Wildman–Crippen LogP) is 2.93. The van der Waals surface area contributed by atoms with Crippen molar-refractivity contribution in [3.05, 3.63) is 53.1 Å². The molecule has 1 heterocycles. The quantitative estimate of drug-likeness (QED) is 0.738. The van der Waals surface area contributed by atoms with Gasteiger partial charge in [-0.05, 0) is 48.4 Å². The SMILES string of the molecule is CC[C@H](C(=O)NCc1ccc2c(c1)OCO2)N(c1ccc(Cl)cc1)S(C)(=O)=O. The summed E-state index contributed by atoms with van der Waals surface area (Å²) in [4.78, 5) is 12.8. The highest BCUT2D eigenvalue weighted by Gasteiger charge is 2.31. The molecule has 1 atom stereocenters. The number of ether oxygens (including phenoxy) is 2. The van der Waals surface area contributed by atoms with Crippen LogP contribution in [0.1, 0.15) is 18.9 Å². The largest absolute Gasteiger partial charge is 0.454 e. The van der Waals surface area contributed by atoms with E-state index in [1.54, 1.807) is 43.3 Å². The van der Waals surface area contributed by atoms with Crippen LogP contribution < -0.4 is 19.1 Å². The van der Waals surface area contributed by atoms with Crippen LogP contribution in [0.5, 0.6) is 11.5 Å². The summed E-state index contributed by atoms with van der Waals surface area (Å²) in [5.74, 6) is 0.894. The fourth-order valence-corrected chi connectivity index (χ4v) is 4.34. The van der Waals surface area contributed by atoms with Crippen molar-refractivity contribution in [1.82, 2.24) is 5.32 Å². The Bertz CT molecular complexity index is 963. The van der Waals surface area contributed by atoms with Gasteiger partial charge < -0.3 is 14.8 Å². The second kappa shape index (κ2) is 8.28. The zero-order valence-electron chi connectivity index (χ0n) is 15.5. The number of benzene rings is 2. The molecule has 0 spiro atoms. The topological polar surface area (TPSA) is 84.9 Å². The average molecular weight is 425 g/mol. The van der Waals surface area contributed by atoms with Crippen LogP contribution in [0, 0.1) is 0 Å². The zero-order valence-corrected chi connectivity index (χ0v) is 17.1. The van der Waals surface area contributed by atoms with Crippen molar-refractivity contribution in [2.75, 3.05) is 17.4 Å². The number of nitrogens with zero attached hydrogens (tertiary/aromatic N) is 1. The zero-order chi connectivity index (χ0) is 20.3. The minimum Gasteiger partial charge on any atom is -0.454 e. The fraction of sp³-hybridized carbons (Fsp3) is 0.316. The number of rotatable bonds is 7. The first kappa shape index (κ1) is 20.3. The van der Waals surface area contributed by atoms with E-state index in [0.29, 0.717) is 28.6 Å². The number of amides is 1. The number of carbonyl (C=O) groups is 1. The van der Waals surface area contributed by atoms with E-state index in [9.17, 15) is 13.2 Å². The van der Waals surface area contributed by atoms with Crippen molar-refractivity contribution in [2.45, 2.75) is 25.9 Å². The predicted molar refractivity (Wildman–Crippen MR) is 107 cm³/mol. The molecule has 2 aromatic rings. The third kappa shape index (κ3) is 4.51. The molecule has 0 saturated carbocycles. The van der Waals surface area contributed by atoms with Gasteiger partial charge in [0.2, 0.25) is 22.7 Å². The third-order valence-electron chi connectivity index (χ3n) is 4.31. The third-order valence-corrected chi connectivity index (χ3v) is 5.75. The number of anilines is 1. The van der Waals surface area contributed by atoms with Crippen LogP contribution in [0.2, 0.25) is 5.02 Å². The van der Waals surface area contributed by atoms with Crippen molar-refractivity contribution in [2.24, 2.45) is 0 Å². The summed E-state index contributed by atoms with van der Waals surface area (Å²) in [5, 5.41) is 3.29. The van der Waals surface area contributed by atoms with Crippen LogP contribution in [0.25, 0.3) is 0 Å². The highest BCUT2D eigenvalue weighted by atomic mass is 35.5. The Morgan fingerprint density at radius 2 is 1.86 bits per heavy atom. The monoisotopic (exact) mass is 424 g/mol. The Morgan fingerprint density at radius 1 is 1.18 bits per heavy atom. The minimum atomic E-state index is -3.69. The van der Waals surface area contributed by atoms with Gasteiger partial charge in [0.05, 0.1) is 11.9 Å². The first-order valence-electron chi connectivity index (χ1n) is 8.71. The van der Waals surface area contributed by atoms with Crippen LogP contribution in [0.4, 0.5) is 5.69 Å². The first-order chi connectivity index (χ1) is 13.3. The highest BCUT2D eigenvalue weighted by Crippen LogP contribution is 2.32. The second-order valence-corrected chi connectivity index (χ2v) is 8.66. The Labute approximate surface area is 169 Å². The summed E-state index contributed by atoms with van der Waals surface area (Å²) in [6, 6.07) is 10.8. The van der Waals surface area contributed by atoms with Crippen molar-refractivity contribution in [3.8, 4) is 11.5 Å². The van der Waals surface area contributed by atoms with Gasteiger partial charge >= 0.3 is 0 Å². The van der Waals surface area contributed by atoms with Gasteiger partial charge in [0.15, 0.2) is 11.5 Å². The van der Waals surface area contributed by atoms with Crippen LogP contribution in [0.3, 0.4) is 0 Å². The second-order valence-electron chi connectivity index (χ2n) is 6.36. The number of halogens is 1. The van der Waals surface area contributed by atoms with Crippen LogP contribution in [-0.2, 0) is 21.4 Å². The molecule has 0 saturated heterocycles. The molecule has 1 aliphatic heterocycles. The molecule has 0 radical (unpaired) electrons. The van der Waals surface area contributed by atoms with Crippen molar-refractivity contribution in [3.63, 3.8) is 0 Å². The molecule has 1 aliphatic rings. The Hall–Kier alpha value is -2.45. The van der Waals surface area contributed by atoms with Crippen LogP contribution in [-0.4, -0.2) is 33.4 Å². The van der Waals surface area contributed by atoms with Gasteiger partial charge in [-0.3, -0.25) is 9.10 Å². The lowest BCUT2D eigenvalue weighted by Crippen LogP contribution is -2.49. The van der Waals surface area contributed by atoms with Gasteiger partial charge in [-0.15, -0.1) is 0 Å². The van der Waals surface area contributed by atoms with E-state index in [0.717, 1.165) is 16.1 Å². The molecule has 2 aromatic carbocycles. The molecule has 0 aliphatic carbocycles. The number of fused-ring (bicyclic) bond motifs is 1. The lowest BCUT2D eigenvalue weighted by molar-refractivity contribution is -0.122. The van der Waals surface area contributed by atoms with Crippen LogP contribution >= 0.6 is 11.6 Å². The van der Waals surface area contributed by atoms with Crippen molar-refractivity contribution >= 4 is 33.2 Å². The smallest absolute Gasteiger partial charge is 0.244 e. The molecule has 1 amide bonds. The van der Waals surface area contributed by atoms with E-state index in [2.05, 4.69) is 5.32 Å². The summed E-state index contributed by atoms with van der Waals surface area (Å²) < 4.78 is 36.5. The molecule has 150 valence electrons. The standard InChI is InChI=1S/C19H21ClN2O5S/c1-3-16(22(28(2,24)25)15-7-5-14(20)6-8-15)19(23)21-11-13-4-9-17-18(10-13)27-12-26-17/h4-10,16H,3,11-12H2,1-2H3,(H,21,23)/t16-/m1/s1. The number of hydrogen-bond donors (Lipinski definition) is 1. The lowest BCUT2D eigenvalue weighted by atomic mass is 10.1. The van der Waals surface area contributed by atoms with Gasteiger partial charge in [0, 0.05) is 11.6 Å². The lowest BCUT2D eigenvalue weighted by Gasteiger charge is -2.30. The molecule has 0 bridgehead atoms. The number of hydrogen-bond acceptors (Lipinski definition) is 5. The highest BCUT2D eigenvalue weighted by molar-refractivity contribution is 7.92. The molecular formula is C19H21ClN2O5S. The van der Waals surface area contributed by atoms with E-state index in [4.69, 9.17) is 21.1 Å². The van der Waals surface area contributed by atoms with Gasteiger partial charge in [-0.2, -0.15) is 0 Å². The van der Waals surface area contributed by atoms with Gasteiger partial charge in [-0.25, -0.2) is 8.42 Å². The normalized spacial score (nSPS) is 13.8. The summed E-state index contributed by atoms with van der Waals surface area (Å²) in [6.45, 7) is 2.18. The Kier molecular flexibility index (Phi) is 6.00. The van der Waals surface area contributed by atoms with Gasteiger partial charge in [0.1, 0.15) is 6.04 Å². The summed E-state index contributed by atoms with van der Waals surface area (Å²) in [5.41, 5.74) is 1.21. The molecule has 28 heavy (non-hydrogen) atoms. The molecule has 7 nitrogen and oxygen atoms in total. The number of sulfonamides is 1. The van der Waals surface area contributed by atoms with Crippen molar-refractivity contribution < 1.29 is 22.7 Å². The molecular weight excluding hydrogens is 404 g/mol. The van der Waals surface area contributed by atoms with Crippen LogP contribution in [0.15, 0.2) is 42.5 Å². The molecule has 0 fully saturated rings. The maximum absolute atomic E-state index is 12.8. The van der Waals surface area contributed by atoms with Gasteiger partial charge in [0.25, 0.3) is 0 Å². The minimum absolute atomic E-state index is 0.174. The number of carbonyl (C=O) groups excluding carboxylic acids is 1. The van der Waals surface area contributed by atoms with Crippen molar-refractivity contribution in [1.29, 1.82) is 0 Å². The maximum Gasteiger partial charge on any atom is 0.244 e. The molecule has 1 N–H and O–H groups in total. The summed E-state index contributed by atoms with van der Waals surface area (Å²) in [6.07, 6.45) is 1.39. The maximum atomic E-state index is 12.8. The van der Waals surface area contributed by atoms with Gasteiger partial charge in [-0.1, -0.05) is 24.6 Å². The van der Waals surface area contributed by atoms with E-state index in [-0.39, 0.29) is 19.2 Å². The Morgan fingerprint density at radius 3 is 2.50 bits per heavy atom. The molecule has 9 heteroatoms. The average Bonchev–Trinajstić information content (AvgIpc) is 3.12. The fourth-order valence-electron chi connectivity index (χ4n) is 3.01. The van der Waals surface area contributed by atoms with E-state index in [1.807, 2.05) is 6.07 Å². The van der Waals surface area contributed by atoms with E-state index in [1.165, 1.54) is 0 Å². The molecule has 0 unspecified atom stereocenters. The molecule has 3 rings (SSSR count). The first-order valence-corrected chi connectivity index (χ1v) is 10.9. The summed E-state index contributed by atoms with van der Waals surface area (Å²) in [7, 11) is -3.69. The summed E-state index contributed by atoms with van der Waals surface area (Å²) >= 11 is 5.90. The molecule has 0 aromatic heterocycles.